The van der Waals surface area contributed by atoms with E-state index in [-0.39, 0.29) is 24.4 Å². The second kappa shape index (κ2) is 18.0. The lowest BCUT2D eigenvalue weighted by atomic mass is 10.1. The Bertz CT molecular complexity index is 1670. The van der Waals surface area contributed by atoms with Crippen LogP contribution in [0.5, 0.6) is 11.5 Å². The molecule has 0 spiro atoms. The number of nitrogens with zero attached hydrogens (tertiary/aromatic N) is 1. The van der Waals surface area contributed by atoms with E-state index in [0.29, 0.717) is 41.5 Å². The average Bonchev–Trinajstić information content (AvgIpc) is 3.09. The lowest BCUT2D eigenvalue weighted by molar-refractivity contribution is -0.137. The molecule has 4 aromatic rings. The van der Waals surface area contributed by atoms with E-state index in [4.69, 9.17) is 14.2 Å². The quantitative estimate of drug-likeness (QED) is 0.0748. The number of carbonyl (C=O) groups excluding carboxylic acids is 3. The van der Waals surface area contributed by atoms with Gasteiger partial charge in [0.25, 0.3) is 5.91 Å². The smallest absolute Gasteiger partial charge is 0.343 e. The number of benzene rings is 4. The number of aliphatic carboxylic acids is 1. The van der Waals surface area contributed by atoms with Crippen LogP contribution in [0.25, 0.3) is 0 Å². The van der Waals surface area contributed by atoms with Crippen LogP contribution < -0.4 is 14.8 Å². The van der Waals surface area contributed by atoms with E-state index in [1.165, 1.54) is 17.0 Å². The number of methoxy groups -OCH3 is 1. The largest absolute Gasteiger partial charge is 0.497 e. The Morgan fingerprint density at radius 3 is 2.12 bits per heavy atom. The molecule has 0 heterocycles. The molecule has 0 aromatic heterocycles. The van der Waals surface area contributed by atoms with E-state index >= 15 is 0 Å². The lowest BCUT2D eigenvalue weighted by Crippen LogP contribution is -2.35. The van der Waals surface area contributed by atoms with Crippen molar-refractivity contribution in [3.05, 3.63) is 125 Å². The van der Waals surface area contributed by atoms with Crippen molar-refractivity contribution in [3.63, 3.8) is 0 Å². The van der Waals surface area contributed by atoms with E-state index in [2.05, 4.69) is 12.2 Å². The van der Waals surface area contributed by atoms with Gasteiger partial charge >= 0.3 is 11.9 Å². The van der Waals surface area contributed by atoms with Crippen LogP contribution in [-0.4, -0.2) is 54.0 Å². The van der Waals surface area contributed by atoms with Crippen LogP contribution in [0, 0.1) is 0 Å². The molecule has 10 nitrogen and oxygen atoms in total. The first-order valence-electron chi connectivity index (χ1n) is 15.8. The number of nitrogens with one attached hydrogen (secondary N) is 1. The monoisotopic (exact) mass is 652 g/mol. The predicted molar refractivity (Wildman–Crippen MR) is 181 cm³/mol. The first-order chi connectivity index (χ1) is 23.2. The highest BCUT2D eigenvalue weighted by Gasteiger charge is 2.20. The fourth-order valence-corrected chi connectivity index (χ4v) is 4.90. The molecule has 250 valence electrons. The fourth-order valence-electron chi connectivity index (χ4n) is 4.90. The van der Waals surface area contributed by atoms with Crippen LogP contribution >= 0.6 is 0 Å². The minimum Gasteiger partial charge on any atom is -0.497 e. The Morgan fingerprint density at radius 2 is 1.46 bits per heavy atom. The molecule has 0 fully saturated rings. The van der Waals surface area contributed by atoms with Crippen LogP contribution in [0.3, 0.4) is 0 Å². The molecule has 0 atom stereocenters. The van der Waals surface area contributed by atoms with Gasteiger partial charge < -0.3 is 29.5 Å². The van der Waals surface area contributed by atoms with Gasteiger partial charge in [-0.25, -0.2) is 4.79 Å². The number of unbranched alkanes of at least 4 members (excludes halogenated alkanes) is 2. The van der Waals surface area contributed by atoms with Crippen molar-refractivity contribution in [1.29, 1.82) is 0 Å². The second-order valence-electron chi connectivity index (χ2n) is 11.2. The van der Waals surface area contributed by atoms with Crippen molar-refractivity contribution in [2.45, 2.75) is 45.8 Å². The number of carboxylic acid groups (broad SMARTS) is 1. The molecule has 48 heavy (non-hydrogen) atoms. The highest BCUT2D eigenvalue weighted by atomic mass is 16.5. The highest BCUT2D eigenvalue weighted by molar-refractivity contribution is 5.97. The van der Waals surface area contributed by atoms with Crippen molar-refractivity contribution in [1.82, 2.24) is 4.90 Å². The fraction of sp³-hybridized carbons (Fsp3) is 0.263. The third-order valence-electron chi connectivity index (χ3n) is 7.45. The van der Waals surface area contributed by atoms with Gasteiger partial charge in [-0.3, -0.25) is 14.4 Å². The van der Waals surface area contributed by atoms with Crippen molar-refractivity contribution in [2.24, 2.45) is 0 Å². The summed E-state index contributed by atoms with van der Waals surface area (Å²) in [4.78, 5) is 51.6. The van der Waals surface area contributed by atoms with E-state index < -0.39 is 24.4 Å². The molecule has 4 aromatic carbocycles. The molecule has 0 unspecified atom stereocenters. The predicted octanol–water partition coefficient (Wildman–Crippen LogP) is 6.53. The molecule has 0 aliphatic rings. The zero-order valence-corrected chi connectivity index (χ0v) is 27.1. The van der Waals surface area contributed by atoms with Gasteiger partial charge in [-0.2, -0.15) is 0 Å². The number of carbonyl (C=O) groups is 4. The summed E-state index contributed by atoms with van der Waals surface area (Å²) >= 11 is 0. The summed E-state index contributed by atoms with van der Waals surface area (Å²) in [5, 5.41) is 12.3. The van der Waals surface area contributed by atoms with Crippen molar-refractivity contribution >= 4 is 29.4 Å². The Hall–Kier alpha value is -5.48. The standard InChI is InChI=1S/C38H40N2O8/c1-3-4-7-22-47-26-30-8-5-6-9-34(30)38(45)48-33-20-12-28(13-21-33)24-40(25-36(42)43)37(44)29-14-16-31(17-15-29)39-35(41)23-27-10-18-32(46-2)19-11-27/h5-6,8-21H,3-4,7,22-26H2,1-2H3,(H,39,41)(H,42,43). The van der Waals surface area contributed by atoms with Crippen molar-refractivity contribution < 1.29 is 38.5 Å². The highest BCUT2D eigenvalue weighted by Crippen LogP contribution is 2.20. The van der Waals surface area contributed by atoms with E-state index in [1.807, 2.05) is 24.3 Å². The van der Waals surface area contributed by atoms with Gasteiger partial charge in [0.2, 0.25) is 5.91 Å². The summed E-state index contributed by atoms with van der Waals surface area (Å²) < 4.78 is 16.5. The maximum Gasteiger partial charge on any atom is 0.343 e. The molecule has 0 aliphatic carbocycles. The minimum absolute atomic E-state index is 0.0118. The molecular formula is C38H40N2O8. The van der Waals surface area contributed by atoms with Gasteiger partial charge in [0.05, 0.1) is 25.7 Å². The zero-order chi connectivity index (χ0) is 34.3. The first kappa shape index (κ1) is 35.4. The maximum absolute atomic E-state index is 13.3. The third kappa shape index (κ3) is 10.8. The van der Waals surface area contributed by atoms with Gasteiger partial charge in [0.15, 0.2) is 0 Å². The molecule has 0 saturated carbocycles. The summed E-state index contributed by atoms with van der Waals surface area (Å²) in [6, 6.07) is 27.1. The number of amides is 2. The number of anilines is 1. The van der Waals surface area contributed by atoms with E-state index in [9.17, 15) is 24.3 Å². The number of hydrogen-bond donors (Lipinski definition) is 2. The molecule has 2 amide bonds. The van der Waals surface area contributed by atoms with Gasteiger partial charge in [-0.1, -0.05) is 62.2 Å². The summed E-state index contributed by atoms with van der Waals surface area (Å²) in [6.45, 7) is 2.55. The van der Waals surface area contributed by atoms with Gasteiger partial charge in [-0.05, 0) is 77.7 Å². The molecule has 0 saturated heterocycles. The first-order valence-corrected chi connectivity index (χ1v) is 15.8. The molecule has 2 N–H and O–H groups in total. The number of rotatable bonds is 17. The summed E-state index contributed by atoms with van der Waals surface area (Å²) in [6.07, 6.45) is 3.31. The number of esters is 1. The number of ether oxygens (including phenoxy) is 3. The second-order valence-corrected chi connectivity index (χ2v) is 11.2. The average molecular weight is 653 g/mol. The van der Waals surface area contributed by atoms with Crippen molar-refractivity contribution in [3.8, 4) is 11.5 Å². The molecule has 0 aliphatic heterocycles. The number of hydrogen-bond acceptors (Lipinski definition) is 7. The molecule has 0 bridgehead atoms. The van der Waals surface area contributed by atoms with E-state index in [0.717, 1.165) is 30.4 Å². The maximum atomic E-state index is 13.3. The van der Waals surface area contributed by atoms with Crippen molar-refractivity contribution in [2.75, 3.05) is 25.6 Å². The topological polar surface area (TPSA) is 131 Å². The summed E-state index contributed by atoms with van der Waals surface area (Å²) in [7, 11) is 1.57. The molecular weight excluding hydrogens is 612 g/mol. The van der Waals surface area contributed by atoms with Crippen LogP contribution in [0.15, 0.2) is 97.1 Å². The molecule has 0 radical (unpaired) electrons. The Morgan fingerprint density at radius 1 is 0.792 bits per heavy atom. The Kier molecular flexibility index (Phi) is 13.3. The summed E-state index contributed by atoms with van der Waals surface area (Å²) in [5.74, 6) is -1.38. The van der Waals surface area contributed by atoms with Crippen LogP contribution in [0.4, 0.5) is 5.69 Å². The van der Waals surface area contributed by atoms with Crippen LogP contribution in [0.2, 0.25) is 0 Å². The normalized spacial score (nSPS) is 10.6. The van der Waals surface area contributed by atoms with Crippen LogP contribution in [-0.2, 0) is 33.9 Å². The Labute approximate surface area is 280 Å². The van der Waals surface area contributed by atoms with Gasteiger partial charge in [0.1, 0.15) is 18.0 Å². The lowest BCUT2D eigenvalue weighted by Gasteiger charge is -2.21. The zero-order valence-electron chi connectivity index (χ0n) is 27.1. The molecule has 4 rings (SSSR count). The Balaban J connectivity index is 1.34. The van der Waals surface area contributed by atoms with Gasteiger partial charge in [-0.15, -0.1) is 0 Å². The minimum atomic E-state index is -1.16. The van der Waals surface area contributed by atoms with Gasteiger partial charge in [0, 0.05) is 24.4 Å². The number of carboxylic acids is 1. The molecule has 10 heteroatoms. The summed E-state index contributed by atoms with van der Waals surface area (Å²) in [5.41, 5.74) is 3.39. The van der Waals surface area contributed by atoms with Crippen LogP contribution in [0.1, 0.15) is 63.6 Å². The SMILES string of the molecule is CCCCCOCc1ccccc1C(=O)Oc1ccc(CN(CC(=O)O)C(=O)c2ccc(NC(=O)Cc3ccc(OC)cc3)cc2)cc1. The third-order valence-corrected chi connectivity index (χ3v) is 7.45. The van der Waals surface area contributed by atoms with E-state index in [1.54, 1.807) is 67.8 Å².